The molecular weight excluding hydrogens is 568 g/mol. The summed E-state index contributed by atoms with van der Waals surface area (Å²) >= 11 is 9.70. The van der Waals surface area contributed by atoms with Gasteiger partial charge in [0.05, 0.1) is 23.5 Å². The van der Waals surface area contributed by atoms with Crippen LogP contribution >= 0.6 is 28.1 Å². The molecule has 2 atom stereocenters. The molecule has 0 amide bonds. The summed E-state index contributed by atoms with van der Waals surface area (Å²) in [6, 6.07) is 34.3. The molecule has 0 radical (unpaired) electrons. The lowest BCUT2D eigenvalue weighted by Crippen LogP contribution is -2.29. The van der Waals surface area contributed by atoms with Crippen LogP contribution < -0.4 is 15.0 Å². The Morgan fingerprint density at radius 1 is 0.846 bits per heavy atom. The molecule has 1 N–H and O–H groups in total. The molecule has 1 saturated heterocycles. The van der Waals surface area contributed by atoms with E-state index in [1.807, 2.05) is 66.9 Å². The van der Waals surface area contributed by atoms with Gasteiger partial charge in [0.25, 0.3) is 0 Å². The Labute approximate surface area is 242 Å². The van der Waals surface area contributed by atoms with E-state index in [-0.39, 0.29) is 12.1 Å². The van der Waals surface area contributed by atoms with Gasteiger partial charge in [-0.15, -0.1) is 0 Å². The van der Waals surface area contributed by atoms with Gasteiger partial charge in [0.15, 0.2) is 5.11 Å². The number of aryl methyl sites for hydroxylation is 1. The predicted molar refractivity (Wildman–Crippen MR) is 164 cm³/mol. The fourth-order valence-corrected chi connectivity index (χ4v) is 6.15. The van der Waals surface area contributed by atoms with E-state index in [0.717, 1.165) is 44.4 Å². The molecule has 3 aromatic carbocycles. The number of rotatable bonds is 6. The van der Waals surface area contributed by atoms with Gasteiger partial charge in [-0.3, -0.25) is 4.98 Å². The first-order chi connectivity index (χ1) is 19.0. The fraction of sp³-hybridized carbons (Fsp3) is 0.125. The molecule has 1 fully saturated rings. The summed E-state index contributed by atoms with van der Waals surface area (Å²) in [6.07, 6.45) is 1.83. The number of halogens is 1. The van der Waals surface area contributed by atoms with E-state index in [1.54, 1.807) is 0 Å². The second-order valence-corrected chi connectivity index (χ2v) is 10.8. The minimum absolute atomic E-state index is 0.101. The summed E-state index contributed by atoms with van der Waals surface area (Å²) < 4.78 is 9.38. The Morgan fingerprint density at radius 3 is 2.26 bits per heavy atom. The largest absolute Gasteiger partial charge is 0.457 e. The van der Waals surface area contributed by atoms with E-state index in [4.69, 9.17) is 21.9 Å². The first-order valence-electron chi connectivity index (χ1n) is 12.8. The molecule has 0 aliphatic carbocycles. The number of hydrogen-bond donors (Lipinski definition) is 1. The number of ether oxygens (including phenoxy) is 1. The van der Waals surface area contributed by atoms with Crippen molar-refractivity contribution in [3.63, 3.8) is 0 Å². The normalized spacial score (nSPS) is 16.8. The van der Waals surface area contributed by atoms with E-state index >= 15 is 0 Å². The molecule has 2 aromatic heterocycles. The van der Waals surface area contributed by atoms with Crippen molar-refractivity contribution >= 4 is 38.9 Å². The van der Waals surface area contributed by atoms with Crippen molar-refractivity contribution in [3.8, 4) is 17.2 Å². The molecular formula is C32H27BrN4OS. The van der Waals surface area contributed by atoms with Gasteiger partial charge in [-0.25, -0.2) is 0 Å². The number of nitrogens with zero attached hydrogens (tertiary/aromatic N) is 3. The number of thiocarbonyl (C=S) groups is 1. The third-order valence-electron chi connectivity index (χ3n) is 7.07. The lowest BCUT2D eigenvalue weighted by Gasteiger charge is -2.28. The molecule has 5 nitrogen and oxygen atoms in total. The molecule has 6 rings (SSSR count). The number of aromatic nitrogens is 2. The molecule has 194 valence electrons. The SMILES string of the molecule is Cc1cc([C@H]2[C@@H](c3ccccn3)NC(=S)N2c2ccc(Oc3ccccc3)cc2)c(C)n1-c1ccccc1Br. The number of hydrogen-bond acceptors (Lipinski definition) is 3. The summed E-state index contributed by atoms with van der Waals surface area (Å²) in [5, 5.41) is 4.24. The fourth-order valence-electron chi connectivity index (χ4n) is 5.34. The summed E-state index contributed by atoms with van der Waals surface area (Å²) in [7, 11) is 0. The maximum Gasteiger partial charge on any atom is 0.174 e. The van der Waals surface area contributed by atoms with Crippen molar-refractivity contribution in [1.82, 2.24) is 14.9 Å². The van der Waals surface area contributed by atoms with Gasteiger partial charge in [0.1, 0.15) is 11.5 Å². The van der Waals surface area contributed by atoms with Crippen molar-refractivity contribution in [1.29, 1.82) is 0 Å². The molecule has 1 aliphatic rings. The van der Waals surface area contributed by atoms with Crippen LogP contribution in [0.4, 0.5) is 5.69 Å². The van der Waals surface area contributed by atoms with Crippen molar-refractivity contribution in [2.24, 2.45) is 0 Å². The molecule has 0 saturated carbocycles. The van der Waals surface area contributed by atoms with Gasteiger partial charge in [0.2, 0.25) is 0 Å². The molecule has 1 aliphatic heterocycles. The minimum Gasteiger partial charge on any atom is -0.457 e. The molecule has 39 heavy (non-hydrogen) atoms. The topological polar surface area (TPSA) is 42.3 Å². The van der Waals surface area contributed by atoms with E-state index < -0.39 is 0 Å². The zero-order chi connectivity index (χ0) is 26.9. The summed E-state index contributed by atoms with van der Waals surface area (Å²) in [4.78, 5) is 6.91. The number of pyridine rings is 1. The van der Waals surface area contributed by atoms with Crippen LogP contribution in [0.25, 0.3) is 5.69 Å². The van der Waals surface area contributed by atoms with Crippen LogP contribution in [0.1, 0.15) is 34.7 Å². The van der Waals surface area contributed by atoms with Gasteiger partial charge < -0.3 is 19.5 Å². The molecule has 0 unspecified atom stereocenters. The first kappa shape index (κ1) is 25.3. The van der Waals surface area contributed by atoms with Gasteiger partial charge in [-0.2, -0.15) is 0 Å². The highest BCUT2D eigenvalue weighted by Crippen LogP contribution is 2.44. The number of nitrogens with one attached hydrogen (secondary N) is 1. The van der Waals surface area contributed by atoms with Crippen molar-refractivity contribution < 1.29 is 4.74 Å². The van der Waals surface area contributed by atoms with E-state index in [2.05, 4.69) is 87.0 Å². The van der Waals surface area contributed by atoms with E-state index in [1.165, 1.54) is 5.56 Å². The standard InChI is InChI=1S/C32H27BrN4OS/c1-21-20-26(22(2)36(21)29-14-7-6-12-27(29)33)31-30(28-13-8-9-19-34-28)35-32(39)37(31)23-15-17-25(18-16-23)38-24-10-4-3-5-11-24/h3-20,30-31H,1-2H3,(H,35,39)/t30-,31+/m1/s1. The summed E-state index contributed by atoms with van der Waals surface area (Å²) in [5.41, 5.74) is 6.54. The quantitative estimate of drug-likeness (QED) is 0.201. The third-order valence-corrected chi connectivity index (χ3v) is 8.06. The summed E-state index contributed by atoms with van der Waals surface area (Å²) in [6.45, 7) is 4.32. The molecule has 0 spiro atoms. The van der Waals surface area contributed by atoms with Gasteiger partial charge in [-0.1, -0.05) is 36.4 Å². The van der Waals surface area contributed by atoms with Crippen LogP contribution in [-0.4, -0.2) is 14.7 Å². The van der Waals surface area contributed by atoms with Crippen LogP contribution in [0.5, 0.6) is 11.5 Å². The molecule has 5 aromatic rings. The van der Waals surface area contributed by atoms with Crippen LogP contribution in [0.15, 0.2) is 114 Å². The highest BCUT2D eigenvalue weighted by molar-refractivity contribution is 9.10. The van der Waals surface area contributed by atoms with Gasteiger partial charge >= 0.3 is 0 Å². The Balaban J connectivity index is 1.43. The molecule has 7 heteroatoms. The van der Waals surface area contributed by atoms with Crippen molar-refractivity contribution in [3.05, 3.63) is 136 Å². The lowest BCUT2D eigenvalue weighted by molar-refractivity contribution is 0.482. The Kier molecular flexibility index (Phi) is 6.94. The molecule has 3 heterocycles. The molecule has 0 bridgehead atoms. The van der Waals surface area contributed by atoms with Crippen LogP contribution in [-0.2, 0) is 0 Å². The average molecular weight is 596 g/mol. The Morgan fingerprint density at radius 2 is 1.54 bits per heavy atom. The second kappa shape index (κ2) is 10.7. The highest BCUT2D eigenvalue weighted by Gasteiger charge is 2.42. The minimum atomic E-state index is -0.118. The average Bonchev–Trinajstić information content (AvgIpc) is 3.45. The third kappa shape index (κ3) is 4.84. The second-order valence-electron chi connectivity index (χ2n) is 9.52. The zero-order valence-corrected chi connectivity index (χ0v) is 24.0. The summed E-state index contributed by atoms with van der Waals surface area (Å²) in [5.74, 6) is 1.57. The monoisotopic (exact) mass is 594 g/mol. The van der Waals surface area contributed by atoms with Crippen LogP contribution in [0.2, 0.25) is 0 Å². The maximum absolute atomic E-state index is 6.04. The predicted octanol–water partition coefficient (Wildman–Crippen LogP) is 8.22. The Hall–Kier alpha value is -3.94. The highest BCUT2D eigenvalue weighted by atomic mass is 79.9. The maximum atomic E-state index is 6.04. The van der Waals surface area contributed by atoms with Gasteiger partial charge in [0, 0.05) is 27.7 Å². The van der Waals surface area contributed by atoms with E-state index in [9.17, 15) is 0 Å². The Bertz CT molecular complexity index is 1620. The first-order valence-corrected chi connectivity index (χ1v) is 14.0. The van der Waals surface area contributed by atoms with Crippen LogP contribution in [0.3, 0.4) is 0 Å². The van der Waals surface area contributed by atoms with Crippen molar-refractivity contribution in [2.75, 3.05) is 4.90 Å². The smallest absolute Gasteiger partial charge is 0.174 e. The lowest BCUT2D eigenvalue weighted by atomic mass is 9.96. The van der Waals surface area contributed by atoms with E-state index in [0.29, 0.717) is 5.11 Å². The number of anilines is 1. The van der Waals surface area contributed by atoms with Gasteiger partial charge in [-0.05, 0) is 114 Å². The van der Waals surface area contributed by atoms with Crippen LogP contribution in [0, 0.1) is 13.8 Å². The van der Waals surface area contributed by atoms with Crippen molar-refractivity contribution in [2.45, 2.75) is 25.9 Å². The number of para-hydroxylation sites is 2. The zero-order valence-electron chi connectivity index (χ0n) is 21.6. The number of benzene rings is 3.